The van der Waals surface area contributed by atoms with E-state index in [-0.39, 0.29) is 5.78 Å². The lowest BCUT2D eigenvalue weighted by molar-refractivity contribution is -0.115. The monoisotopic (exact) mass is 216 g/mol. The first kappa shape index (κ1) is 11.2. The van der Waals surface area contributed by atoms with Crippen molar-refractivity contribution in [3.63, 3.8) is 0 Å². The summed E-state index contributed by atoms with van der Waals surface area (Å²) in [6.07, 6.45) is 3.02. The molecule has 1 rings (SSSR count). The van der Waals surface area contributed by atoms with Gasteiger partial charge in [0, 0.05) is 6.42 Å². The van der Waals surface area contributed by atoms with Crippen molar-refractivity contribution in [2.24, 2.45) is 0 Å². The fourth-order valence-corrected chi connectivity index (χ4v) is 4.03. The summed E-state index contributed by atoms with van der Waals surface area (Å²) < 4.78 is 0.650. The average molecular weight is 216 g/mol. The second-order valence-electron chi connectivity index (χ2n) is 3.27. The van der Waals surface area contributed by atoms with Crippen LogP contribution in [-0.4, -0.2) is 21.9 Å². The molecule has 1 heterocycles. The van der Waals surface area contributed by atoms with Crippen molar-refractivity contribution in [2.75, 3.05) is 11.5 Å². The molecule has 0 aromatic heterocycles. The van der Waals surface area contributed by atoms with E-state index in [4.69, 9.17) is 0 Å². The second kappa shape index (κ2) is 5.76. The third-order valence-corrected chi connectivity index (χ3v) is 5.06. The normalized spacial score (nSPS) is 18.5. The molecule has 0 N–H and O–H groups in total. The number of Topliss-reactive ketones (excluding diaryl/α,β-unsaturated/α-hetero) is 1. The summed E-state index contributed by atoms with van der Waals surface area (Å²) >= 11 is 4.00. The highest BCUT2D eigenvalue weighted by Gasteiger charge is 2.15. The minimum Gasteiger partial charge on any atom is -0.295 e. The molecule has 0 amide bonds. The van der Waals surface area contributed by atoms with Gasteiger partial charge in [0.2, 0.25) is 0 Å². The molecule has 0 radical (unpaired) electrons. The predicted molar refractivity (Wildman–Crippen MR) is 62.4 cm³/mol. The lowest BCUT2D eigenvalue weighted by Crippen LogP contribution is -2.09. The molecule has 1 fully saturated rings. The molecule has 0 aliphatic carbocycles. The number of hydrogen-bond donors (Lipinski definition) is 0. The molecule has 13 heavy (non-hydrogen) atoms. The first-order valence-electron chi connectivity index (χ1n) is 4.62. The number of rotatable bonds is 4. The summed E-state index contributed by atoms with van der Waals surface area (Å²) in [5.41, 5.74) is 0.700. The van der Waals surface area contributed by atoms with Gasteiger partial charge in [-0.2, -0.15) is 0 Å². The molecule has 0 bridgehead atoms. The summed E-state index contributed by atoms with van der Waals surface area (Å²) in [5, 5.41) is 0. The molecule has 1 nitrogen and oxygen atoms in total. The van der Waals surface area contributed by atoms with Crippen molar-refractivity contribution in [2.45, 2.75) is 30.8 Å². The van der Waals surface area contributed by atoms with Gasteiger partial charge in [0.1, 0.15) is 0 Å². The summed E-state index contributed by atoms with van der Waals surface area (Å²) in [6, 6.07) is 0. The van der Waals surface area contributed by atoms with Gasteiger partial charge in [0.15, 0.2) is 5.78 Å². The van der Waals surface area contributed by atoms with Crippen LogP contribution in [0.3, 0.4) is 0 Å². The standard InChI is InChI=1S/C10H16OS2/c1-8(2)9(11)4-5-10-12-6-3-7-13-10/h10H,1,3-7H2,2H3. The number of carbonyl (C=O) groups excluding carboxylic acids is 1. The molecular weight excluding hydrogens is 200 g/mol. The van der Waals surface area contributed by atoms with Crippen LogP contribution in [0, 0.1) is 0 Å². The molecule has 1 aliphatic heterocycles. The zero-order chi connectivity index (χ0) is 9.68. The fraction of sp³-hybridized carbons (Fsp3) is 0.700. The van der Waals surface area contributed by atoms with Gasteiger partial charge in [-0.3, -0.25) is 4.79 Å². The van der Waals surface area contributed by atoms with Crippen LogP contribution in [0.1, 0.15) is 26.2 Å². The van der Waals surface area contributed by atoms with Crippen molar-refractivity contribution in [1.29, 1.82) is 0 Å². The summed E-state index contributed by atoms with van der Waals surface area (Å²) in [4.78, 5) is 11.3. The van der Waals surface area contributed by atoms with Gasteiger partial charge in [0.25, 0.3) is 0 Å². The highest BCUT2D eigenvalue weighted by molar-refractivity contribution is 8.17. The smallest absolute Gasteiger partial charge is 0.158 e. The average Bonchev–Trinajstić information content (AvgIpc) is 2.15. The van der Waals surface area contributed by atoms with E-state index in [2.05, 4.69) is 6.58 Å². The number of ketones is 1. The Hall–Kier alpha value is 0.110. The minimum atomic E-state index is 0.228. The molecule has 74 valence electrons. The Morgan fingerprint density at radius 3 is 2.62 bits per heavy atom. The van der Waals surface area contributed by atoms with Crippen LogP contribution in [0.25, 0.3) is 0 Å². The number of hydrogen-bond acceptors (Lipinski definition) is 3. The second-order valence-corrected chi connectivity index (χ2v) is 6.19. The lowest BCUT2D eigenvalue weighted by Gasteiger charge is -2.20. The van der Waals surface area contributed by atoms with E-state index in [1.807, 2.05) is 23.5 Å². The van der Waals surface area contributed by atoms with Crippen molar-refractivity contribution in [3.8, 4) is 0 Å². The molecule has 0 unspecified atom stereocenters. The van der Waals surface area contributed by atoms with E-state index in [0.717, 1.165) is 6.42 Å². The predicted octanol–water partition coefficient (Wildman–Crippen LogP) is 3.11. The first-order chi connectivity index (χ1) is 6.20. The highest BCUT2D eigenvalue weighted by Crippen LogP contribution is 2.33. The van der Waals surface area contributed by atoms with Crippen LogP contribution in [0.2, 0.25) is 0 Å². The van der Waals surface area contributed by atoms with Gasteiger partial charge >= 0.3 is 0 Å². The molecule has 0 atom stereocenters. The van der Waals surface area contributed by atoms with Gasteiger partial charge in [0.05, 0.1) is 4.58 Å². The van der Waals surface area contributed by atoms with E-state index in [1.54, 1.807) is 6.92 Å². The van der Waals surface area contributed by atoms with E-state index >= 15 is 0 Å². The van der Waals surface area contributed by atoms with Crippen LogP contribution in [0.15, 0.2) is 12.2 Å². The third kappa shape index (κ3) is 4.23. The SMILES string of the molecule is C=C(C)C(=O)CCC1SCCCS1. The molecule has 0 aromatic rings. The van der Waals surface area contributed by atoms with Gasteiger partial charge in [-0.25, -0.2) is 0 Å². The van der Waals surface area contributed by atoms with Crippen LogP contribution < -0.4 is 0 Å². The largest absolute Gasteiger partial charge is 0.295 e. The lowest BCUT2D eigenvalue weighted by atomic mass is 10.1. The Morgan fingerprint density at radius 2 is 2.08 bits per heavy atom. The zero-order valence-electron chi connectivity index (χ0n) is 8.04. The maximum absolute atomic E-state index is 11.3. The molecular formula is C10H16OS2. The molecule has 0 spiro atoms. The fourth-order valence-electron chi connectivity index (χ4n) is 1.17. The molecule has 1 aliphatic rings. The van der Waals surface area contributed by atoms with Crippen LogP contribution in [0.5, 0.6) is 0 Å². The van der Waals surface area contributed by atoms with Gasteiger partial charge < -0.3 is 0 Å². The van der Waals surface area contributed by atoms with Gasteiger partial charge in [-0.1, -0.05) is 6.58 Å². The van der Waals surface area contributed by atoms with Crippen LogP contribution in [-0.2, 0) is 4.79 Å². The topological polar surface area (TPSA) is 17.1 Å². The van der Waals surface area contributed by atoms with Gasteiger partial charge in [-0.15, -0.1) is 23.5 Å². The van der Waals surface area contributed by atoms with Crippen molar-refractivity contribution < 1.29 is 4.79 Å². The number of thioether (sulfide) groups is 2. The maximum Gasteiger partial charge on any atom is 0.158 e. The van der Waals surface area contributed by atoms with Crippen molar-refractivity contribution >= 4 is 29.3 Å². The van der Waals surface area contributed by atoms with Gasteiger partial charge in [-0.05, 0) is 36.8 Å². The summed E-state index contributed by atoms with van der Waals surface area (Å²) in [7, 11) is 0. The molecule has 0 aromatic carbocycles. The quantitative estimate of drug-likeness (QED) is 0.672. The van der Waals surface area contributed by atoms with E-state index < -0.39 is 0 Å². The van der Waals surface area contributed by atoms with Crippen molar-refractivity contribution in [3.05, 3.63) is 12.2 Å². The molecule has 3 heteroatoms. The van der Waals surface area contributed by atoms with Crippen molar-refractivity contribution in [1.82, 2.24) is 0 Å². The summed E-state index contributed by atoms with van der Waals surface area (Å²) in [5.74, 6) is 2.75. The molecule has 0 saturated carbocycles. The van der Waals surface area contributed by atoms with Crippen LogP contribution in [0.4, 0.5) is 0 Å². The summed E-state index contributed by atoms with van der Waals surface area (Å²) in [6.45, 7) is 5.45. The van der Waals surface area contributed by atoms with E-state index in [1.165, 1.54) is 17.9 Å². The Labute approximate surface area is 88.7 Å². The van der Waals surface area contributed by atoms with Crippen LogP contribution >= 0.6 is 23.5 Å². The Morgan fingerprint density at radius 1 is 1.46 bits per heavy atom. The van der Waals surface area contributed by atoms with E-state index in [9.17, 15) is 4.79 Å². The minimum absolute atomic E-state index is 0.228. The Bertz CT molecular complexity index is 195. The third-order valence-electron chi connectivity index (χ3n) is 1.98. The van der Waals surface area contributed by atoms with E-state index in [0.29, 0.717) is 16.6 Å². The number of carbonyl (C=O) groups is 1. The Kier molecular flexibility index (Phi) is 4.96. The first-order valence-corrected chi connectivity index (χ1v) is 6.72. The number of allylic oxidation sites excluding steroid dienone is 1. The Balaban J connectivity index is 2.17. The maximum atomic E-state index is 11.3. The molecule has 1 saturated heterocycles. The highest BCUT2D eigenvalue weighted by atomic mass is 32.2. The zero-order valence-corrected chi connectivity index (χ0v) is 9.68.